The molecule has 0 spiro atoms. The van der Waals surface area contributed by atoms with Crippen LogP contribution in [0.3, 0.4) is 0 Å². The molecular formula is C19H14N6. The average molecular weight is 326 g/mol. The third-order valence-corrected chi connectivity index (χ3v) is 3.50. The summed E-state index contributed by atoms with van der Waals surface area (Å²) < 4.78 is 0. The highest BCUT2D eigenvalue weighted by Crippen LogP contribution is 2.23. The molecule has 0 fully saturated rings. The van der Waals surface area contributed by atoms with Crippen molar-refractivity contribution in [2.45, 2.75) is 0 Å². The number of anilines is 2. The van der Waals surface area contributed by atoms with Crippen molar-refractivity contribution in [3.05, 3.63) is 79.4 Å². The Morgan fingerprint density at radius 1 is 0.640 bits per heavy atom. The number of rotatable bonds is 4. The molecule has 0 aliphatic carbocycles. The van der Waals surface area contributed by atoms with Gasteiger partial charge in [0.05, 0.1) is 11.4 Å². The second kappa shape index (κ2) is 6.84. The van der Waals surface area contributed by atoms with E-state index in [1.165, 1.54) is 0 Å². The minimum atomic E-state index is 0.542. The molecule has 0 aromatic carbocycles. The van der Waals surface area contributed by atoms with E-state index in [9.17, 15) is 0 Å². The maximum Gasteiger partial charge on any atom is 0.180 e. The van der Waals surface area contributed by atoms with Crippen LogP contribution >= 0.6 is 0 Å². The van der Waals surface area contributed by atoms with Crippen molar-refractivity contribution in [2.75, 3.05) is 5.32 Å². The number of pyridine rings is 3. The summed E-state index contributed by atoms with van der Waals surface area (Å²) in [4.78, 5) is 22.0. The van der Waals surface area contributed by atoms with Crippen molar-refractivity contribution in [2.24, 2.45) is 0 Å². The Hall–Kier alpha value is -3.67. The molecule has 4 aromatic heterocycles. The van der Waals surface area contributed by atoms with Crippen LogP contribution in [0.15, 0.2) is 79.4 Å². The molecule has 0 saturated heterocycles. The summed E-state index contributed by atoms with van der Waals surface area (Å²) in [6, 6.07) is 17.0. The van der Waals surface area contributed by atoms with Gasteiger partial charge in [-0.1, -0.05) is 12.1 Å². The Morgan fingerprint density at radius 3 is 2.04 bits per heavy atom. The smallest absolute Gasteiger partial charge is 0.180 e. The lowest BCUT2D eigenvalue weighted by atomic mass is 10.2. The van der Waals surface area contributed by atoms with Gasteiger partial charge < -0.3 is 5.32 Å². The Morgan fingerprint density at radius 2 is 1.36 bits per heavy atom. The van der Waals surface area contributed by atoms with E-state index in [0.717, 1.165) is 17.1 Å². The van der Waals surface area contributed by atoms with Crippen LogP contribution in [0, 0.1) is 0 Å². The van der Waals surface area contributed by atoms with Crippen LogP contribution in [-0.4, -0.2) is 24.9 Å². The summed E-state index contributed by atoms with van der Waals surface area (Å²) >= 11 is 0. The van der Waals surface area contributed by atoms with Gasteiger partial charge in [0.25, 0.3) is 0 Å². The maximum absolute atomic E-state index is 4.63. The summed E-state index contributed by atoms with van der Waals surface area (Å²) in [5.74, 6) is 1.21. The van der Waals surface area contributed by atoms with E-state index < -0.39 is 0 Å². The first kappa shape index (κ1) is 14.9. The highest BCUT2D eigenvalue weighted by molar-refractivity contribution is 5.66. The topological polar surface area (TPSA) is 76.5 Å². The first-order valence-electron chi connectivity index (χ1n) is 7.77. The second-order valence-electron chi connectivity index (χ2n) is 5.25. The van der Waals surface area contributed by atoms with E-state index in [1.807, 2.05) is 54.6 Å². The zero-order valence-corrected chi connectivity index (χ0v) is 13.2. The average Bonchev–Trinajstić information content (AvgIpc) is 2.70. The molecule has 0 atom stereocenters. The van der Waals surface area contributed by atoms with Gasteiger partial charge in [-0.25, -0.2) is 9.97 Å². The van der Waals surface area contributed by atoms with Crippen molar-refractivity contribution in [3.8, 4) is 22.9 Å². The molecular weight excluding hydrogens is 312 g/mol. The predicted molar refractivity (Wildman–Crippen MR) is 96.0 cm³/mol. The SMILES string of the molecule is c1ccc(-c2cc(Nc3ccncc3)nc(-c3ccccn3)n2)nc1. The van der Waals surface area contributed by atoms with Crippen LogP contribution in [0.2, 0.25) is 0 Å². The second-order valence-corrected chi connectivity index (χ2v) is 5.25. The molecule has 0 saturated carbocycles. The molecule has 0 aliphatic heterocycles. The molecule has 0 radical (unpaired) electrons. The molecule has 6 nitrogen and oxygen atoms in total. The molecule has 0 bridgehead atoms. The van der Waals surface area contributed by atoms with E-state index in [1.54, 1.807) is 24.8 Å². The van der Waals surface area contributed by atoms with Crippen molar-refractivity contribution in [3.63, 3.8) is 0 Å². The Balaban J connectivity index is 1.80. The number of nitrogens with one attached hydrogen (secondary N) is 1. The third-order valence-electron chi connectivity index (χ3n) is 3.50. The molecule has 0 amide bonds. The Kier molecular flexibility index (Phi) is 4.07. The monoisotopic (exact) mass is 326 g/mol. The van der Waals surface area contributed by atoms with Crippen molar-refractivity contribution in [1.29, 1.82) is 0 Å². The molecule has 6 heteroatoms. The molecule has 25 heavy (non-hydrogen) atoms. The fourth-order valence-electron chi connectivity index (χ4n) is 2.35. The van der Waals surface area contributed by atoms with E-state index in [4.69, 9.17) is 0 Å². The summed E-state index contributed by atoms with van der Waals surface area (Å²) in [5, 5.41) is 3.28. The number of aromatic nitrogens is 5. The fraction of sp³-hybridized carbons (Fsp3) is 0. The number of nitrogens with zero attached hydrogens (tertiary/aromatic N) is 5. The van der Waals surface area contributed by atoms with Crippen LogP contribution in [0.4, 0.5) is 11.5 Å². The lowest BCUT2D eigenvalue weighted by Gasteiger charge is -2.09. The van der Waals surface area contributed by atoms with E-state index >= 15 is 0 Å². The van der Waals surface area contributed by atoms with Crippen molar-refractivity contribution >= 4 is 11.5 Å². The fourth-order valence-corrected chi connectivity index (χ4v) is 2.35. The lowest BCUT2D eigenvalue weighted by Crippen LogP contribution is -2.00. The predicted octanol–water partition coefficient (Wildman–Crippen LogP) is 3.74. The molecule has 4 aromatic rings. The minimum absolute atomic E-state index is 0.542. The Labute approximate surface area is 144 Å². The zero-order valence-electron chi connectivity index (χ0n) is 13.2. The van der Waals surface area contributed by atoms with Crippen LogP contribution in [0.5, 0.6) is 0 Å². The maximum atomic E-state index is 4.63. The largest absolute Gasteiger partial charge is 0.340 e. The first-order valence-corrected chi connectivity index (χ1v) is 7.77. The molecule has 4 rings (SSSR count). The van der Waals surface area contributed by atoms with E-state index in [0.29, 0.717) is 17.3 Å². The van der Waals surface area contributed by atoms with Gasteiger partial charge in [0.1, 0.15) is 11.5 Å². The third kappa shape index (κ3) is 3.48. The molecule has 4 heterocycles. The van der Waals surface area contributed by atoms with Gasteiger partial charge in [0.15, 0.2) is 5.82 Å². The summed E-state index contributed by atoms with van der Waals surface area (Å²) in [7, 11) is 0. The highest BCUT2D eigenvalue weighted by atomic mass is 15.0. The number of hydrogen-bond donors (Lipinski definition) is 1. The van der Waals surface area contributed by atoms with Gasteiger partial charge >= 0.3 is 0 Å². The molecule has 0 aliphatic rings. The van der Waals surface area contributed by atoms with Gasteiger partial charge in [-0.15, -0.1) is 0 Å². The number of hydrogen-bond acceptors (Lipinski definition) is 6. The minimum Gasteiger partial charge on any atom is -0.340 e. The van der Waals surface area contributed by atoms with Gasteiger partial charge in [-0.05, 0) is 36.4 Å². The normalized spacial score (nSPS) is 10.4. The van der Waals surface area contributed by atoms with Crippen molar-refractivity contribution in [1.82, 2.24) is 24.9 Å². The first-order chi connectivity index (χ1) is 12.4. The quantitative estimate of drug-likeness (QED) is 0.615. The summed E-state index contributed by atoms with van der Waals surface area (Å²) in [6.45, 7) is 0. The molecule has 0 unspecified atom stereocenters. The van der Waals surface area contributed by atoms with E-state index in [-0.39, 0.29) is 0 Å². The van der Waals surface area contributed by atoms with Gasteiger partial charge in [0.2, 0.25) is 0 Å². The molecule has 120 valence electrons. The van der Waals surface area contributed by atoms with Crippen LogP contribution in [0.1, 0.15) is 0 Å². The zero-order chi connectivity index (χ0) is 16.9. The standard InChI is InChI=1S/C19H14N6/c1-3-9-21-15(5-1)17-13-18(23-14-7-11-20-12-8-14)25-19(24-17)16-6-2-4-10-22-16/h1-13H,(H,20,23,24,25). The van der Waals surface area contributed by atoms with E-state index in [2.05, 4.69) is 30.2 Å². The highest BCUT2D eigenvalue weighted by Gasteiger charge is 2.10. The molecule has 1 N–H and O–H groups in total. The van der Waals surface area contributed by atoms with Gasteiger partial charge in [-0.2, -0.15) is 0 Å². The van der Waals surface area contributed by atoms with Crippen LogP contribution in [0.25, 0.3) is 22.9 Å². The van der Waals surface area contributed by atoms with Gasteiger partial charge in [-0.3, -0.25) is 15.0 Å². The summed E-state index contributed by atoms with van der Waals surface area (Å²) in [5.41, 5.74) is 3.11. The van der Waals surface area contributed by atoms with Crippen LogP contribution in [-0.2, 0) is 0 Å². The van der Waals surface area contributed by atoms with Crippen molar-refractivity contribution < 1.29 is 0 Å². The van der Waals surface area contributed by atoms with Gasteiger partial charge in [0, 0.05) is 36.5 Å². The summed E-state index contributed by atoms with van der Waals surface area (Å²) in [6.07, 6.45) is 6.92. The lowest BCUT2D eigenvalue weighted by molar-refractivity contribution is 1.13. The Bertz CT molecular complexity index is 901. The van der Waals surface area contributed by atoms with Crippen LogP contribution < -0.4 is 5.32 Å².